The molecule has 0 spiro atoms. The summed E-state index contributed by atoms with van der Waals surface area (Å²) in [4.78, 5) is 0. The van der Waals surface area contributed by atoms with Gasteiger partial charge >= 0.3 is 0 Å². The van der Waals surface area contributed by atoms with Crippen LogP contribution in [0.3, 0.4) is 0 Å². The third-order valence-electron chi connectivity index (χ3n) is 3.45. The Balaban J connectivity index is 1.90. The summed E-state index contributed by atoms with van der Waals surface area (Å²) in [6, 6.07) is 8.35. The van der Waals surface area contributed by atoms with Gasteiger partial charge in [-0.3, -0.25) is 0 Å². The number of rotatable bonds is 5. The average molecular weight is 233 g/mol. The maximum Gasteiger partial charge on any atom is 0.123 e. The molecule has 0 saturated carbocycles. The molecule has 2 heteroatoms. The van der Waals surface area contributed by atoms with E-state index in [1.807, 2.05) is 6.07 Å². The largest absolute Gasteiger partial charge is 0.490 e. The van der Waals surface area contributed by atoms with E-state index >= 15 is 0 Å². The highest BCUT2D eigenvalue weighted by atomic mass is 16.5. The van der Waals surface area contributed by atoms with Gasteiger partial charge in [0.1, 0.15) is 11.9 Å². The molecule has 2 atom stereocenters. The van der Waals surface area contributed by atoms with Gasteiger partial charge in [0.15, 0.2) is 0 Å². The molecule has 0 aliphatic carbocycles. The summed E-state index contributed by atoms with van der Waals surface area (Å²) in [5, 5.41) is 0. The third-order valence-corrected chi connectivity index (χ3v) is 3.45. The van der Waals surface area contributed by atoms with E-state index in [2.05, 4.69) is 32.0 Å². The number of benzene rings is 1. The van der Waals surface area contributed by atoms with E-state index in [-0.39, 0.29) is 0 Å². The number of para-hydroxylation sites is 1. The molecule has 2 nitrogen and oxygen atoms in total. The van der Waals surface area contributed by atoms with Gasteiger partial charge in [-0.2, -0.15) is 0 Å². The second kappa shape index (κ2) is 5.54. The minimum Gasteiger partial charge on any atom is -0.490 e. The summed E-state index contributed by atoms with van der Waals surface area (Å²) in [5.74, 6) is 2.37. The lowest BCUT2D eigenvalue weighted by molar-refractivity contribution is 0.186. The fourth-order valence-electron chi connectivity index (χ4n) is 2.71. The molecule has 1 aromatic carbocycles. The molecule has 0 radical (unpaired) electrons. The number of hydrogen-bond donors (Lipinski definition) is 1. The van der Waals surface area contributed by atoms with Crippen molar-refractivity contribution in [3.63, 3.8) is 0 Å². The monoisotopic (exact) mass is 233 g/mol. The Labute approximate surface area is 104 Å². The molecule has 1 heterocycles. The zero-order chi connectivity index (χ0) is 12.3. The molecular formula is C15H23NO. The zero-order valence-electron chi connectivity index (χ0n) is 10.9. The van der Waals surface area contributed by atoms with Crippen LogP contribution in [-0.4, -0.2) is 12.6 Å². The molecule has 0 amide bonds. The molecule has 2 unspecified atom stereocenters. The van der Waals surface area contributed by atoms with E-state index in [0.29, 0.717) is 17.9 Å². The standard InChI is InChI=1S/C15H23NO/c1-11(2)7-12(10-16)8-14-9-13-5-3-4-6-15(13)17-14/h3-6,11-12,14H,7-10,16H2,1-2H3. The number of nitrogens with two attached hydrogens (primary N) is 1. The first-order chi connectivity index (χ1) is 8.19. The Bertz CT molecular complexity index is 337. The van der Waals surface area contributed by atoms with Gasteiger partial charge < -0.3 is 10.5 Å². The predicted molar refractivity (Wildman–Crippen MR) is 71.2 cm³/mol. The van der Waals surface area contributed by atoms with E-state index in [0.717, 1.165) is 25.1 Å². The summed E-state index contributed by atoms with van der Waals surface area (Å²) < 4.78 is 5.97. The Morgan fingerprint density at radius 1 is 1.35 bits per heavy atom. The Morgan fingerprint density at radius 2 is 2.12 bits per heavy atom. The zero-order valence-corrected chi connectivity index (χ0v) is 10.9. The average Bonchev–Trinajstić information content (AvgIpc) is 2.69. The SMILES string of the molecule is CC(C)CC(CN)CC1Cc2ccccc2O1. The van der Waals surface area contributed by atoms with Gasteiger partial charge in [0.05, 0.1) is 0 Å². The Morgan fingerprint density at radius 3 is 2.76 bits per heavy atom. The van der Waals surface area contributed by atoms with Crippen LogP contribution in [0.2, 0.25) is 0 Å². The lowest BCUT2D eigenvalue weighted by Gasteiger charge is -2.20. The topological polar surface area (TPSA) is 35.2 Å². The fourth-order valence-corrected chi connectivity index (χ4v) is 2.71. The van der Waals surface area contributed by atoms with Gasteiger partial charge in [-0.25, -0.2) is 0 Å². The number of ether oxygens (including phenoxy) is 1. The predicted octanol–water partition coefficient (Wildman–Crippen LogP) is 3.00. The van der Waals surface area contributed by atoms with Crippen molar-refractivity contribution in [1.82, 2.24) is 0 Å². The summed E-state index contributed by atoms with van der Waals surface area (Å²) in [5.41, 5.74) is 7.19. The fraction of sp³-hybridized carbons (Fsp3) is 0.600. The molecule has 17 heavy (non-hydrogen) atoms. The highest BCUT2D eigenvalue weighted by Crippen LogP contribution is 2.31. The maximum atomic E-state index is 5.97. The van der Waals surface area contributed by atoms with Crippen LogP contribution in [-0.2, 0) is 6.42 Å². The molecule has 2 N–H and O–H groups in total. The molecule has 0 aromatic heterocycles. The van der Waals surface area contributed by atoms with Crippen molar-refractivity contribution >= 4 is 0 Å². The van der Waals surface area contributed by atoms with Crippen molar-refractivity contribution in [2.75, 3.05) is 6.54 Å². The first-order valence-corrected chi connectivity index (χ1v) is 6.63. The van der Waals surface area contributed by atoms with E-state index < -0.39 is 0 Å². The normalized spacial score (nSPS) is 20.1. The van der Waals surface area contributed by atoms with Gasteiger partial charge in [-0.1, -0.05) is 32.0 Å². The van der Waals surface area contributed by atoms with E-state index in [9.17, 15) is 0 Å². The second-order valence-corrected chi connectivity index (χ2v) is 5.52. The van der Waals surface area contributed by atoms with Crippen LogP contribution in [0.5, 0.6) is 5.75 Å². The van der Waals surface area contributed by atoms with Gasteiger partial charge in [-0.05, 0) is 42.9 Å². The van der Waals surface area contributed by atoms with E-state index in [1.165, 1.54) is 12.0 Å². The first kappa shape index (κ1) is 12.4. The van der Waals surface area contributed by atoms with Crippen molar-refractivity contribution in [3.05, 3.63) is 29.8 Å². The Kier molecular flexibility index (Phi) is 4.06. The first-order valence-electron chi connectivity index (χ1n) is 6.63. The summed E-state index contributed by atoms with van der Waals surface area (Å²) >= 11 is 0. The number of fused-ring (bicyclic) bond motifs is 1. The summed E-state index contributed by atoms with van der Waals surface area (Å²) in [6.45, 7) is 5.29. The molecule has 2 rings (SSSR count). The van der Waals surface area contributed by atoms with Crippen molar-refractivity contribution in [2.24, 2.45) is 17.6 Å². The highest BCUT2D eigenvalue weighted by molar-refractivity contribution is 5.37. The molecule has 1 aromatic rings. The van der Waals surface area contributed by atoms with Gasteiger partial charge in [0.2, 0.25) is 0 Å². The van der Waals surface area contributed by atoms with Crippen LogP contribution in [0.4, 0.5) is 0 Å². The van der Waals surface area contributed by atoms with Crippen LogP contribution in [0.15, 0.2) is 24.3 Å². The van der Waals surface area contributed by atoms with E-state index in [1.54, 1.807) is 0 Å². The quantitative estimate of drug-likeness (QED) is 0.848. The van der Waals surface area contributed by atoms with Crippen molar-refractivity contribution < 1.29 is 4.74 Å². The summed E-state index contributed by atoms with van der Waals surface area (Å²) in [6.07, 6.45) is 3.67. The van der Waals surface area contributed by atoms with Crippen molar-refractivity contribution in [3.8, 4) is 5.75 Å². The molecule has 1 aliphatic rings. The Hall–Kier alpha value is -1.02. The maximum absolute atomic E-state index is 5.97. The minimum absolute atomic E-state index is 0.333. The lowest BCUT2D eigenvalue weighted by Crippen LogP contribution is -2.24. The van der Waals surface area contributed by atoms with Crippen molar-refractivity contribution in [1.29, 1.82) is 0 Å². The van der Waals surface area contributed by atoms with Gasteiger partial charge in [0.25, 0.3) is 0 Å². The highest BCUT2D eigenvalue weighted by Gasteiger charge is 2.25. The van der Waals surface area contributed by atoms with Crippen molar-refractivity contribution in [2.45, 2.75) is 39.2 Å². The molecule has 94 valence electrons. The molecule has 0 saturated heterocycles. The molecule has 0 bridgehead atoms. The molecular weight excluding hydrogens is 210 g/mol. The van der Waals surface area contributed by atoms with Crippen LogP contribution in [0, 0.1) is 11.8 Å². The van der Waals surface area contributed by atoms with Gasteiger partial charge in [-0.15, -0.1) is 0 Å². The third kappa shape index (κ3) is 3.22. The lowest BCUT2D eigenvalue weighted by atomic mass is 9.91. The smallest absolute Gasteiger partial charge is 0.123 e. The van der Waals surface area contributed by atoms with Gasteiger partial charge in [0, 0.05) is 6.42 Å². The van der Waals surface area contributed by atoms with Crippen LogP contribution in [0.1, 0.15) is 32.3 Å². The van der Waals surface area contributed by atoms with E-state index in [4.69, 9.17) is 10.5 Å². The second-order valence-electron chi connectivity index (χ2n) is 5.52. The number of hydrogen-bond acceptors (Lipinski definition) is 2. The molecule has 0 fully saturated rings. The van der Waals surface area contributed by atoms with Crippen LogP contribution in [0.25, 0.3) is 0 Å². The van der Waals surface area contributed by atoms with Crippen LogP contribution >= 0.6 is 0 Å². The summed E-state index contributed by atoms with van der Waals surface area (Å²) in [7, 11) is 0. The van der Waals surface area contributed by atoms with Crippen LogP contribution < -0.4 is 10.5 Å². The molecule has 1 aliphatic heterocycles. The minimum atomic E-state index is 0.333.